The number of nitrogen functional groups attached to an aromatic ring is 1. The molecule has 162 valence electrons. The van der Waals surface area contributed by atoms with Gasteiger partial charge in [0.15, 0.2) is 0 Å². The number of anilines is 2. The van der Waals surface area contributed by atoms with E-state index >= 15 is 0 Å². The van der Waals surface area contributed by atoms with Crippen LogP contribution in [0.5, 0.6) is 0 Å². The minimum Gasteiger partial charge on any atom is -0.382 e. The number of nitrogens with zero attached hydrogens (tertiary/aromatic N) is 2. The van der Waals surface area contributed by atoms with E-state index in [2.05, 4.69) is 34.4 Å². The normalized spacial score (nSPS) is 12.2. The standard InChI is InChI=1S/C18H19NO.C4H8N4.C2H3N/c1-2-3-10-15-11-6-4-9-14-17(15)18(20)19-16-12-7-5-8-13-16;5-1-3-4(6)8-2-7-3;1-2-3/h3-5,7-14H,2,6H2,1H3,(H,19,20);2H,1,5-6H2,(H,7,8);1H3/b10-3+;;. The quantitative estimate of drug-likeness (QED) is 0.571. The van der Waals surface area contributed by atoms with Gasteiger partial charge in [-0.25, -0.2) is 4.98 Å². The maximum atomic E-state index is 12.4. The summed E-state index contributed by atoms with van der Waals surface area (Å²) in [6.07, 6.45) is 15.3. The molecule has 0 radical (unpaired) electrons. The highest BCUT2D eigenvalue weighted by Crippen LogP contribution is 2.19. The van der Waals surface area contributed by atoms with Gasteiger partial charge in [-0.15, -0.1) is 0 Å². The number of nitriles is 1. The lowest BCUT2D eigenvalue weighted by molar-refractivity contribution is -0.112. The van der Waals surface area contributed by atoms with Crippen LogP contribution in [0.4, 0.5) is 11.5 Å². The Morgan fingerprint density at radius 3 is 2.61 bits per heavy atom. The second-order valence-corrected chi connectivity index (χ2v) is 6.23. The van der Waals surface area contributed by atoms with E-state index in [1.807, 2.05) is 54.6 Å². The van der Waals surface area contributed by atoms with Crippen LogP contribution < -0.4 is 16.8 Å². The van der Waals surface area contributed by atoms with Crippen LogP contribution in [-0.4, -0.2) is 15.9 Å². The average Bonchev–Trinajstić information content (AvgIpc) is 3.05. The first-order chi connectivity index (χ1) is 15.1. The fourth-order valence-corrected chi connectivity index (χ4v) is 2.47. The smallest absolute Gasteiger partial charge is 0.256 e. The Balaban J connectivity index is 0.000000361. The summed E-state index contributed by atoms with van der Waals surface area (Å²) in [5.41, 5.74) is 13.9. The zero-order valence-electron chi connectivity index (χ0n) is 18.0. The summed E-state index contributed by atoms with van der Waals surface area (Å²) in [6.45, 7) is 3.94. The summed E-state index contributed by atoms with van der Waals surface area (Å²) in [5, 5.41) is 10.2. The molecule has 7 heteroatoms. The minimum atomic E-state index is -0.0743. The summed E-state index contributed by atoms with van der Waals surface area (Å²) in [4.78, 5) is 18.9. The Kier molecular flexibility index (Phi) is 12.2. The molecule has 1 amide bonds. The molecule has 0 saturated heterocycles. The molecule has 0 atom stereocenters. The van der Waals surface area contributed by atoms with Gasteiger partial charge in [-0.3, -0.25) is 4.79 Å². The number of amides is 1. The third-order valence-electron chi connectivity index (χ3n) is 3.95. The lowest BCUT2D eigenvalue weighted by Gasteiger charge is -2.09. The van der Waals surface area contributed by atoms with E-state index < -0.39 is 0 Å². The van der Waals surface area contributed by atoms with E-state index in [0.717, 1.165) is 29.8 Å². The molecule has 0 saturated carbocycles. The number of carbonyl (C=O) groups is 1. The molecule has 6 N–H and O–H groups in total. The van der Waals surface area contributed by atoms with Crippen LogP contribution in [-0.2, 0) is 11.3 Å². The summed E-state index contributed by atoms with van der Waals surface area (Å²) in [7, 11) is 0. The highest BCUT2D eigenvalue weighted by Gasteiger charge is 2.13. The van der Waals surface area contributed by atoms with Gasteiger partial charge in [-0.2, -0.15) is 5.26 Å². The molecule has 1 aromatic carbocycles. The van der Waals surface area contributed by atoms with Crippen molar-refractivity contribution in [1.29, 1.82) is 5.26 Å². The summed E-state index contributed by atoms with van der Waals surface area (Å²) < 4.78 is 0. The third-order valence-corrected chi connectivity index (χ3v) is 3.95. The van der Waals surface area contributed by atoms with Gasteiger partial charge in [0.25, 0.3) is 5.91 Å². The molecular weight excluding hydrogens is 388 g/mol. The molecule has 1 aliphatic carbocycles. The molecule has 0 aliphatic heterocycles. The summed E-state index contributed by atoms with van der Waals surface area (Å²) in [5.74, 6) is 0.419. The number of allylic oxidation sites excluding steroid dienone is 6. The number of aromatic amines is 1. The van der Waals surface area contributed by atoms with Gasteiger partial charge in [-0.1, -0.05) is 55.5 Å². The van der Waals surface area contributed by atoms with Crippen molar-refractivity contribution in [2.24, 2.45) is 5.73 Å². The molecule has 0 unspecified atom stereocenters. The number of carbonyl (C=O) groups excluding carboxylic acids is 1. The van der Waals surface area contributed by atoms with E-state index in [4.69, 9.17) is 16.7 Å². The molecule has 0 spiro atoms. The first-order valence-corrected chi connectivity index (χ1v) is 9.96. The van der Waals surface area contributed by atoms with Gasteiger partial charge >= 0.3 is 0 Å². The largest absolute Gasteiger partial charge is 0.382 e. The maximum absolute atomic E-state index is 12.4. The molecule has 0 bridgehead atoms. The molecule has 3 rings (SSSR count). The lowest BCUT2D eigenvalue weighted by Crippen LogP contribution is -2.15. The summed E-state index contributed by atoms with van der Waals surface area (Å²) >= 11 is 0. The Morgan fingerprint density at radius 1 is 1.35 bits per heavy atom. The van der Waals surface area contributed by atoms with E-state index in [-0.39, 0.29) is 5.91 Å². The summed E-state index contributed by atoms with van der Waals surface area (Å²) in [6, 6.07) is 11.3. The van der Waals surface area contributed by atoms with Crippen molar-refractivity contribution in [3.05, 3.63) is 90.0 Å². The van der Waals surface area contributed by atoms with Gasteiger partial charge in [0.05, 0.1) is 18.1 Å². The Labute approximate surface area is 183 Å². The predicted molar refractivity (Wildman–Crippen MR) is 127 cm³/mol. The van der Waals surface area contributed by atoms with Crippen molar-refractivity contribution in [2.45, 2.75) is 33.2 Å². The topological polar surface area (TPSA) is 134 Å². The maximum Gasteiger partial charge on any atom is 0.256 e. The second-order valence-electron chi connectivity index (χ2n) is 6.23. The molecule has 1 heterocycles. The molecular formula is C24H30N6O. The number of aromatic nitrogens is 2. The predicted octanol–water partition coefficient (Wildman–Crippen LogP) is 4.38. The van der Waals surface area contributed by atoms with Gasteiger partial charge in [0.1, 0.15) is 5.82 Å². The molecule has 2 aromatic rings. The van der Waals surface area contributed by atoms with Crippen LogP contribution in [0.3, 0.4) is 0 Å². The monoisotopic (exact) mass is 418 g/mol. The third kappa shape index (κ3) is 9.43. The molecule has 1 aliphatic rings. The van der Waals surface area contributed by atoms with Crippen molar-refractivity contribution in [3.8, 4) is 6.07 Å². The number of rotatable bonds is 5. The van der Waals surface area contributed by atoms with Crippen molar-refractivity contribution in [1.82, 2.24) is 9.97 Å². The van der Waals surface area contributed by atoms with E-state index in [1.165, 1.54) is 13.3 Å². The number of H-pyrrole nitrogens is 1. The molecule has 7 nitrogen and oxygen atoms in total. The Morgan fingerprint density at radius 2 is 2.06 bits per heavy atom. The lowest BCUT2D eigenvalue weighted by atomic mass is 10.0. The number of hydrogen-bond acceptors (Lipinski definition) is 5. The highest BCUT2D eigenvalue weighted by atomic mass is 16.1. The first kappa shape index (κ1) is 25.1. The van der Waals surface area contributed by atoms with Gasteiger partial charge in [0, 0.05) is 24.7 Å². The van der Waals surface area contributed by atoms with Crippen LogP contribution in [0.15, 0.2) is 84.3 Å². The first-order valence-electron chi connectivity index (χ1n) is 9.96. The zero-order valence-corrected chi connectivity index (χ0v) is 18.0. The van der Waals surface area contributed by atoms with E-state index in [9.17, 15) is 4.79 Å². The van der Waals surface area contributed by atoms with Crippen LogP contribution in [0, 0.1) is 11.3 Å². The average molecular weight is 419 g/mol. The highest BCUT2D eigenvalue weighted by molar-refractivity contribution is 6.07. The van der Waals surface area contributed by atoms with Crippen molar-refractivity contribution >= 4 is 17.4 Å². The van der Waals surface area contributed by atoms with E-state index in [1.54, 1.807) is 6.07 Å². The Hall–Kier alpha value is -3.89. The fraction of sp³-hybridized carbons (Fsp3) is 0.208. The van der Waals surface area contributed by atoms with Gasteiger partial charge < -0.3 is 21.8 Å². The van der Waals surface area contributed by atoms with Crippen LogP contribution >= 0.6 is 0 Å². The van der Waals surface area contributed by atoms with Gasteiger partial charge in [-0.05, 0) is 36.6 Å². The number of nitrogens with one attached hydrogen (secondary N) is 2. The molecule has 0 fully saturated rings. The van der Waals surface area contributed by atoms with Crippen molar-refractivity contribution in [2.75, 3.05) is 11.1 Å². The Bertz CT molecular complexity index is 961. The number of benzene rings is 1. The van der Waals surface area contributed by atoms with Crippen LogP contribution in [0.2, 0.25) is 0 Å². The van der Waals surface area contributed by atoms with Gasteiger partial charge in [0.2, 0.25) is 0 Å². The van der Waals surface area contributed by atoms with E-state index in [0.29, 0.717) is 17.9 Å². The zero-order chi connectivity index (χ0) is 22.9. The SMILES string of the molecule is CC#N.CC/C=C/C1=CCC=CC=C1C(=O)Nc1ccccc1.NCc1[nH]cnc1N. The number of imidazole rings is 1. The number of para-hydroxylation sites is 1. The fourth-order valence-electron chi connectivity index (χ4n) is 2.47. The second kappa shape index (κ2) is 15.0. The van der Waals surface area contributed by atoms with Crippen LogP contribution in [0.25, 0.3) is 0 Å². The van der Waals surface area contributed by atoms with Crippen molar-refractivity contribution < 1.29 is 4.79 Å². The van der Waals surface area contributed by atoms with Crippen LogP contribution in [0.1, 0.15) is 32.4 Å². The molecule has 1 aromatic heterocycles. The molecule has 31 heavy (non-hydrogen) atoms. The van der Waals surface area contributed by atoms with Crippen molar-refractivity contribution in [3.63, 3.8) is 0 Å². The number of hydrogen-bond donors (Lipinski definition) is 4. The minimum absolute atomic E-state index is 0.0743. The number of nitrogens with two attached hydrogens (primary N) is 2.